The minimum absolute atomic E-state index is 0.116. The van der Waals surface area contributed by atoms with E-state index in [4.69, 9.17) is 10.5 Å². The predicted molar refractivity (Wildman–Crippen MR) is 67.6 cm³/mol. The van der Waals surface area contributed by atoms with E-state index in [0.717, 1.165) is 5.56 Å². The van der Waals surface area contributed by atoms with Gasteiger partial charge in [0.25, 0.3) is 5.91 Å². The Morgan fingerprint density at radius 1 is 1.33 bits per heavy atom. The van der Waals surface area contributed by atoms with Gasteiger partial charge >= 0.3 is 0 Å². The lowest BCUT2D eigenvalue weighted by atomic mass is 10.1. The van der Waals surface area contributed by atoms with Gasteiger partial charge in [0.05, 0.1) is 6.54 Å². The maximum absolute atomic E-state index is 12.2. The molecular formula is C13H18N2O3. The second-order valence-electron chi connectivity index (χ2n) is 3.91. The molecule has 2 N–H and O–H groups in total. The van der Waals surface area contributed by atoms with E-state index in [9.17, 15) is 9.59 Å². The first-order chi connectivity index (χ1) is 8.56. The quantitative estimate of drug-likeness (QED) is 0.808. The predicted octanol–water partition coefficient (Wildman–Crippen LogP) is 0.708. The van der Waals surface area contributed by atoms with Crippen LogP contribution in [0, 0.1) is 0 Å². The first kappa shape index (κ1) is 14.2. The van der Waals surface area contributed by atoms with Crippen LogP contribution in [-0.2, 0) is 14.3 Å². The number of nitrogens with zero attached hydrogens (tertiary/aromatic N) is 1. The molecular weight excluding hydrogens is 232 g/mol. The Balaban J connectivity index is 2.85. The Kier molecular flexibility index (Phi) is 5.32. The van der Waals surface area contributed by atoms with Gasteiger partial charge in [-0.1, -0.05) is 30.3 Å². The summed E-state index contributed by atoms with van der Waals surface area (Å²) in [6, 6.07) is 9.17. The van der Waals surface area contributed by atoms with Crippen LogP contribution in [0.15, 0.2) is 30.3 Å². The molecule has 5 heteroatoms. The molecule has 0 aliphatic carbocycles. The lowest BCUT2D eigenvalue weighted by Crippen LogP contribution is -2.38. The molecule has 1 atom stereocenters. The second kappa shape index (κ2) is 6.76. The Bertz CT molecular complexity index is 406. The van der Waals surface area contributed by atoms with E-state index in [1.165, 1.54) is 11.9 Å². The van der Waals surface area contributed by atoms with Crippen molar-refractivity contribution < 1.29 is 14.3 Å². The fourth-order valence-corrected chi connectivity index (χ4v) is 1.62. The van der Waals surface area contributed by atoms with Crippen molar-refractivity contribution in [3.8, 4) is 0 Å². The molecule has 0 bridgehead atoms. The first-order valence-electron chi connectivity index (χ1n) is 5.76. The van der Waals surface area contributed by atoms with Gasteiger partial charge < -0.3 is 15.4 Å². The fourth-order valence-electron chi connectivity index (χ4n) is 1.62. The fraction of sp³-hybridized carbons (Fsp3) is 0.385. The molecule has 1 rings (SSSR count). The third-order valence-electron chi connectivity index (χ3n) is 2.43. The summed E-state index contributed by atoms with van der Waals surface area (Å²) in [7, 11) is 1.53. The third-order valence-corrected chi connectivity index (χ3v) is 2.43. The molecule has 0 spiro atoms. The molecule has 5 nitrogen and oxygen atoms in total. The molecule has 1 aromatic carbocycles. The highest BCUT2D eigenvalue weighted by Gasteiger charge is 2.24. The monoisotopic (exact) mass is 250 g/mol. The second-order valence-corrected chi connectivity index (χ2v) is 3.91. The zero-order chi connectivity index (χ0) is 13.5. The van der Waals surface area contributed by atoms with Gasteiger partial charge in [0, 0.05) is 13.7 Å². The molecule has 0 aromatic heterocycles. The summed E-state index contributed by atoms with van der Waals surface area (Å²) in [5.41, 5.74) is 5.83. The highest BCUT2D eigenvalue weighted by molar-refractivity contribution is 5.86. The van der Waals surface area contributed by atoms with Crippen molar-refractivity contribution in [2.75, 3.05) is 20.2 Å². The van der Waals surface area contributed by atoms with Crippen molar-refractivity contribution in [1.82, 2.24) is 4.90 Å². The van der Waals surface area contributed by atoms with Gasteiger partial charge in [-0.25, -0.2) is 0 Å². The van der Waals surface area contributed by atoms with Gasteiger partial charge in [0.2, 0.25) is 5.91 Å². The molecule has 1 aromatic rings. The lowest BCUT2D eigenvalue weighted by Gasteiger charge is -2.22. The average molecular weight is 250 g/mol. The molecule has 18 heavy (non-hydrogen) atoms. The summed E-state index contributed by atoms with van der Waals surface area (Å²) in [5.74, 6) is -0.823. The molecule has 2 amide bonds. The number of amides is 2. The van der Waals surface area contributed by atoms with Crippen LogP contribution in [0.1, 0.15) is 18.6 Å². The van der Waals surface area contributed by atoms with Gasteiger partial charge in [-0.05, 0) is 12.5 Å². The Hall–Kier alpha value is -1.88. The van der Waals surface area contributed by atoms with E-state index < -0.39 is 12.0 Å². The summed E-state index contributed by atoms with van der Waals surface area (Å²) in [6.07, 6.45) is -0.694. The molecule has 98 valence electrons. The van der Waals surface area contributed by atoms with Crippen molar-refractivity contribution in [3.05, 3.63) is 35.9 Å². The number of primary amides is 1. The maximum atomic E-state index is 12.2. The summed E-state index contributed by atoms with van der Waals surface area (Å²) in [5, 5.41) is 0. The van der Waals surface area contributed by atoms with Gasteiger partial charge in [0.15, 0.2) is 6.10 Å². The molecule has 0 saturated carbocycles. The standard InChI is InChI=1S/C13H18N2O3/c1-3-18-12(10-7-5-4-6-8-10)13(17)15(2)9-11(14)16/h4-8,12H,3,9H2,1-2H3,(H2,14,16). The number of benzene rings is 1. The van der Waals surface area contributed by atoms with Crippen LogP contribution in [0.2, 0.25) is 0 Å². The van der Waals surface area contributed by atoms with Crippen molar-refractivity contribution in [2.24, 2.45) is 5.73 Å². The summed E-state index contributed by atoms with van der Waals surface area (Å²) in [6.45, 7) is 2.11. The number of hydrogen-bond acceptors (Lipinski definition) is 3. The SMILES string of the molecule is CCOC(C(=O)N(C)CC(N)=O)c1ccccc1. The molecule has 0 saturated heterocycles. The molecule has 0 radical (unpaired) electrons. The van der Waals surface area contributed by atoms with Crippen LogP contribution < -0.4 is 5.73 Å². The largest absolute Gasteiger partial charge is 0.368 e. The smallest absolute Gasteiger partial charge is 0.256 e. The van der Waals surface area contributed by atoms with Crippen molar-refractivity contribution >= 4 is 11.8 Å². The molecule has 0 aliphatic rings. The average Bonchev–Trinajstić information content (AvgIpc) is 2.35. The zero-order valence-corrected chi connectivity index (χ0v) is 10.6. The Morgan fingerprint density at radius 3 is 2.44 bits per heavy atom. The summed E-state index contributed by atoms with van der Waals surface area (Å²) < 4.78 is 5.45. The van der Waals surface area contributed by atoms with Gasteiger partial charge in [-0.3, -0.25) is 9.59 Å². The molecule has 0 aliphatic heterocycles. The van der Waals surface area contributed by atoms with E-state index in [-0.39, 0.29) is 12.5 Å². The number of carbonyl (C=O) groups excluding carboxylic acids is 2. The Labute approximate surface area is 107 Å². The first-order valence-corrected chi connectivity index (χ1v) is 5.76. The molecule has 1 unspecified atom stereocenters. The van der Waals surface area contributed by atoms with Crippen LogP contribution in [-0.4, -0.2) is 36.9 Å². The number of likely N-dealkylation sites (N-methyl/N-ethyl adjacent to an activating group) is 1. The van der Waals surface area contributed by atoms with E-state index in [1.807, 2.05) is 37.3 Å². The number of carbonyl (C=O) groups is 2. The van der Waals surface area contributed by atoms with Crippen LogP contribution in [0.25, 0.3) is 0 Å². The van der Waals surface area contributed by atoms with Gasteiger partial charge in [-0.15, -0.1) is 0 Å². The van der Waals surface area contributed by atoms with E-state index >= 15 is 0 Å². The highest BCUT2D eigenvalue weighted by Crippen LogP contribution is 2.19. The van der Waals surface area contributed by atoms with Crippen LogP contribution in [0.3, 0.4) is 0 Å². The maximum Gasteiger partial charge on any atom is 0.256 e. The van der Waals surface area contributed by atoms with E-state index in [0.29, 0.717) is 6.61 Å². The molecule has 0 heterocycles. The lowest BCUT2D eigenvalue weighted by molar-refractivity contribution is -0.144. The van der Waals surface area contributed by atoms with Crippen molar-refractivity contribution in [2.45, 2.75) is 13.0 Å². The number of ether oxygens (including phenoxy) is 1. The summed E-state index contributed by atoms with van der Waals surface area (Å²) in [4.78, 5) is 24.3. The van der Waals surface area contributed by atoms with E-state index in [2.05, 4.69) is 0 Å². The zero-order valence-electron chi connectivity index (χ0n) is 10.6. The highest BCUT2D eigenvalue weighted by atomic mass is 16.5. The van der Waals surface area contributed by atoms with Gasteiger partial charge in [0.1, 0.15) is 0 Å². The topological polar surface area (TPSA) is 72.6 Å². The Morgan fingerprint density at radius 2 is 1.94 bits per heavy atom. The van der Waals surface area contributed by atoms with Crippen LogP contribution in [0.4, 0.5) is 0 Å². The van der Waals surface area contributed by atoms with Crippen molar-refractivity contribution in [1.29, 1.82) is 0 Å². The van der Waals surface area contributed by atoms with Crippen molar-refractivity contribution in [3.63, 3.8) is 0 Å². The van der Waals surface area contributed by atoms with Gasteiger partial charge in [-0.2, -0.15) is 0 Å². The summed E-state index contributed by atoms with van der Waals surface area (Å²) >= 11 is 0. The van der Waals surface area contributed by atoms with Crippen LogP contribution >= 0.6 is 0 Å². The number of hydrogen-bond donors (Lipinski definition) is 1. The van der Waals surface area contributed by atoms with E-state index in [1.54, 1.807) is 0 Å². The minimum atomic E-state index is -0.694. The van der Waals surface area contributed by atoms with Crippen LogP contribution in [0.5, 0.6) is 0 Å². The minimum Gasteiger partial charge on any atom is -0.368 e. The normalized spacial score (nSPS) is 11.9. The number of nitrogens with two attached hydrogens (primary N) is 1. The number of rotatable bonds is 6. The molecule has 0 fully saturated rings. The third kappa shape index (κ3) is 3.85.